The molecule has 1 atom stereocenters. The van der Waals surface area contributed by atoms with Gasteiger partial charge in [0.05, 0.1) is 13.3 Å². The quantitative estimate of drug-likeness (QED) is 0.489. The number of hydrogen-bond donors (Lipinski definition) is 0. The molecule has 0 fully saturated rings. The molecule has 0 aromatic heterocycles. The van der Waals surface area contributed by atoms with Gasteiger partial charge in [-0.1, -0.05) is 40.4 Å². The monoisotopic (exact) mass is 348 g/mol. The van der Waals surface area contributed by atoms with Gasteiger partial charge in [0.15, 0.2) is 8.32 Å². The second-order valence-electron chi connectivity index (χ2n) is 8.81. The predicted molar refractivity (Wildman–Crippen MR) is 104 cm³/mol. The maximum atomic E-state index is 6.84. The summed E-state index contributed by atoms with van der Waals surface area (Å²) in [6.45, 7) is 25.7. The van der Waals surface area contributed by atoms with Gasteiger partial charge in [0.1, 0.15) is 0 Å². The average Bonchev–Trinajstić information content (AvgIpc) is 2.30. The van der Waals surface area contributed by atoms with Crippen LogP contribution in [-0.4, -0.2) is 35.7 Å². The Morgan fingerprint density at radius 1 is 0.810 bits per heavy atom. The lowest BCUT2D eigenvalue weighted by Crippen LogP contribution is -2.63. The fourth-order valence-corrected chi connectivity index (χ4v) is 13.0. The largest absolute Gasteiger partial charge is 0.415 e. The molecule has 0 amide bonds. The predicted octanol–water partition coefficient (Wildman–Crippen LogP) is 5.81. The van der Waals surface area contributed by atoms with E-state index in [0.717, 1.165) is 19.3 Å². The van der Waals surface area contributed by atoms with Gasteiger partial charge in [-0.05, 0) is 52.0 Å². The molecule has 0 N–H and O–H groups in total. The van der Waals surface area contributed by atoms with Crippen LogP contribution in [0.15, 0.2) is 0 Å². The van der Waals surface area contributed by atoms with Crippen molar-refractivity contribution >= 4 is 24.7 Å². The van der Waals surface area contributed by atoms with E-state index in [1.54, 1.807) is 0 Å². The summed E-state index contributed by atoms with van der Waals surface area (Å²) in [6.07, 6.45) is 3.26. The summed E-state index contributed by atoms with van der Waals surface area (Å²) in [5.41, 5.74) is 0.446. The minimum atomic E-state index is -1.94. The van der Waals surface area contributed by atoms with Crippen molar-refractivity contribution in [1.29, 1.82) is 0 Å². The van der Waals surface area contributed by atoms with Crippen LogP contribution in [0.4, 0.5) is 0 Å². The van der Waals surface area contributed by atoms with Crippen LogP contribution in [0.5, 0.6) is 0 Å². The first-order valence-electron chi connectivity index (χ1n) is 8.62. The van der Waals surface area contributed by atoms with Gasteiger partial charge in [0, 0.05) is 5.73 Å². The Morgan fingerprint density at radius 3 is 1.48 bits per heavy atom. The lowest BCUT2D eigenvalue weighted by Gasteiger charge is -2.49. The summed E-state index contributed by atoms with van der Waals surface area (Å²) in [7, 11) is -4.82. The summed E-state index contributed by atoms with van der Waals surface area (Å²) in [5.74, 6) is 0. The summed E-state index contributed by atoms with van der Waals surface area (Å²) < 4.78 is 13.6. The Kier molecular flexibility index (Phi) is 7.63. The van der Waals surface area contributed by atoms with Crippen molar-refractivity contribution in [2.24, 2.45) is 0 Å². The highest BCUT2D eigenvalue weighted by Gasteiger charge is 2.51. The molecular formula is C16H40O2Si3. The molecule has 0 aliphatic rings. The topological polar surface area (TPSA) is 18.5 Å². The zero-order chi connectivity index (χ0) is 17.1. The first kappa shape index (κ1) is 21.6. The third-order valence-electron chi connectivity index (χ3n) is 4.51. The van der Waals surface area contributed by atoms with Gasteiger partial charge in [-0.15, -0.1) is 0 Å². The maximum Gasteiger partial charge on any atom is 0.216 e. The van der Waals surface area contributed by atoms with Crippen molar-refractivity contribution in [3.05, 3.63) is 0 Å². The van der Waals surface area contributed by atoms with Gasteiger partial charge in [0.2, 0.25) is 8.32 Å². The van der Waals surface area contributed by atoms with Crippen molar-refractivity contribution in [3.63, 3.8) is 0 Å². The molecule has 128 valence electrons. The van der Waals surface area contributed by atoms with Gasteiger partial charge in [-0.3, -0.25) is 0 Å². The molecule has 0 radical (unpaired) electrons. The van der Waals surface area contributed by atoms with Gasteiger partial charge < -0.3 is 8.85 Å². The van der Waals surface area contributed by atoms with Crippen LogP contribution in [0.25, 0.3) is 0 Å². The first-order chi connectivity index (χ1) is 9.24. The summed E-state index contributed by atoms with van der Waals surface area (Å²) in [5, 5.41) is -0.0372. The van der Waals surface area contributed by atoms with Crippen molar-refractivity contribution in [3.8, 4) is 0 Å². The zero-order valence-corrected chi connectivity index (χ0v) is 19.5. The summed E-state index contributed by atoms with van der Waals surface area (Å²) in [6, 6.07) is 0. The van der Waals surface area contributed by atoms with Crippen molar-refractivity contribution < 1.29 is 8.85 Å². The molecule has 0 heterocycles. The Labute approximate surface area is 137 Å². The van der Waals surface area contributed by atoms with E-state index >= 15 is 0 Å². The summed E-state index contributed by atoms with van der Waals surface area (Å²) in [4.78, 5) is 0. The average molecular weight is 349 g/mol. The van der Waals surface area contributed by atoms with E-state index in [1.165, 1.54) is 0 Å². The van der Waals surface area contributed by atoms with Gasteiger partial charge in [0.25, 0.3) is 0 Å². The molecule has 0 aromatic carbocycles. The van der Waals surface area contributed by atoms with Crippen LogP contribution < -0.4 is 0 Å². The molecule has 0 aliphatic carbocycles. The van der Waals surface area contributed by atoms with Crippen LogP contribution >= 0.6 is 0 Å². The highest BCUT2D eigenvalue weighted by molar-refractivity contribution is 6.80. The molecular weight excluding hydrogens is 308 g/mol. The van der Waals surface area contributed by atoms with E-state index in [0.29, 0.717) is 5.73 Å². The minimum Gasteiger partial charge on any atom is -0.415 e. The van der Waals surface area contributed by atoms with Crippen molar-refractivity contribution in [2.75, 3.05) is 0 Å². The standard InChI is InChI=1S/C16H40O2Si3/c1-12-15(19(4,5)6)17-21(10,11)16(13-2,14-3)18-20(7,8)9/h15H,12-14H2,1-11H3. The molecule has 0 rings (SSSR count). The van der Waals surface area contributed by atoms with Crippen LogP contribution in [0.2, 0.25) is 52.4 Å². The second-order valence-corrected chi connectivity index (χ2v) is 22.8. The molecule has 0 aliphatic heterocycles. The first-order valence-corrected chi connectivity index (χ1v) is 18.5. The van der Waals surface area contributed by atoms with Gasteiger partial charge in [-0.25, -0.2) is 0 Å². The van der Waals surface area contributed by atoms with Gasteiger partial charge >= 0.3 is 0 Å². The van der Waals surface area contributed by atoms with Crippen LogP contribution in [-0.2, 0) is 8.85 Å². The second kappa shape index (κ2) is 7.43. The Morgan fingerprint density at radius 2 is 1.24 bits per heavy atom. The normalized spacial score (nSPS) is 16.1. The van der Waals surface area contributed by atoms with Crippen LogP contribution in [0.3, 0.4) is 0 Å². The number of rotatable bonds is 9. The third kappa shape index (κ3) is 5.94. The third-order valence-corrected chi connectivity index (χ3v) is 12.3. The highest BCUT2D eigenvalue weighted by atomic mass is 28.4. The maximum absolute atomic E-state index is 6.84. The Hall–Kier alpha value is 0.571. The molecule has 0 bridgehead atoms. The van der Waals surface area contributed by atoms with E-state index in [2.05, 4.69) is 73.1 Å². The molecule has 0 saturated heterocycles. The SMILES string of the molecule is CCC(O[Si](C)(C)C(CC)(CC)O[Si](C)(C)C)[Si](C)(C)C. The minimum absolute atomic E-state index is 0.0372. The van der Waals surface area contributed by atoms with E-state index in [9.17, 15) is 0 Å². The Balaban J connectivity index is 5.47. The molecule has 2 nitrogen and oxygen atoms in total. The number of hydrogen-bond acceptors (Lipinski definition) is 2. The Bertz CT molecular complexity index is 312. The lowest BCUT2D eigenvalue weighted by molar-refractivity contribution is 0.0882. The zero-order valence-electron chi connectivity index (χ0n) is 16.5. The van der Waals surface area contributed by atoms with Crippen molar-refractivity contribution in [1.82, 2.24) is 0 Å². The molecule has 0 spiro atoms. The fraction of sp³-hybridized carbons (Fsp3) is 1.00. The molecule has 0 aromatic rings. The molecule has 1 unspecified atom stereocenters. The fourth-order valence-electron chi connectivity index (χ4n) is 3.29. The van der Waals surface area contributed by atoms with E-state index < -0.39 is 24.7 Å². The smallest absolute Gasteiger partial charge is 0.216 e. The van der Waals surface area contributed by atoms with E-state index in [-0.39, 0.29) is 5.22 Å². The highest BCUT2D eigenvalue weighted by Crippen LogP contribution is 2.37. The molecule has 21 heavy (non-hydrogen) atoms. The van der Waals surface area contributed by atoms with Crippen molar-refractivity contribution in [2.45, 2.75) is 103 Å². The molecule has 0 saturated carbocycles. The van der Waals surface area contributed by atoms with E-state index in [4.69, 9.17) is 8.85 Å². The van der Waals surface area contributed by atoms with Crippen LogP contribution in [0.1, 0.15) is 40.0 Å². The molecule has 5 heteroatoms. The van der Waals surface area contributed by atoms with Crippen LogP contribution in [0, 0.1) is 0 Å². The lowest BCUT2D eigenvalue weighted by atomic mass is 10.2. The summed E-state index contributed by atoms with van der Waals surface area (Å²) >= 11 is 0. The van der Waals surface area contributed by atoms with E-state index in [1.807, 2.05) is 0 Å². The van der Waals surface area contributed by atoms with Gasteiger partial charge in [-0.2, -0.15) is 0 Å².